The minimum Gasteiger partial charge on any atom is -0.393 e. The summed E-state index contributed by atoms with van der Waals surface area (Å²) in [5.41, 5.74) is 2.45. The molecule has 0 aliphatic heterocycles. The summed E-state index contributed by atoms with van der Waals surface area (Å²) in [7, 11) is 2.04. The molecule has 0 bridgehead atoms. The molecule has 0 saturated heterocycles. The van der Waals surface area contributed by atoms with Gasteiger partial charge < -0.3 is 9.67 Å². The number of aliphatic hydroxyl groups excluding tert-OH is 1. The zero-order valence-corrected chi connectivity index (χ0v) is 8.57. The van der Waals surface area contributed by atoms with Gasteiger partial charge in [0.25, 0.3) is 0 Å². The lowest BCUT2D eigenvalue weighted by molar-refractivity contribution is 0.196. The first-order valence-electron chi connectivity index (χ1n) is 4.89. The van der Waals surface area contributed by atoms with Crippen molar-refractivity contribution in [1.82, 2.24) is 4.57 Å². The molecule has 0 unspecified atom stereocenters. The van der Waals surface area contributed by atoms with Gasteiger partial charge in [-0.3, -0.25) is 0 Å². The molecule has 1 aromatic heterocycles. The SMILES string of the molecule is C[C@@H](O)Cc1cn(C)c2ccccc12. The summed E-state index contributed by atoms with van der Waals surface area (Å²) >= 11 is 0. The van der Waals surface area contributed by atoms with Crippen molar-refractivity contribution in [2.75, 3.05) is 0 Å². The van der Waals surface area contributed by atoms with Gasteiger partial charge in [-0.1, -0.05) is 18.2 Å². The fourth-order valence-corrected chi connectivity index (χ4v) is 1.91. The van der Waals surface area contributed by atoms with Crippen molar-refractivity contribution in [2.45, 2.75) is 19.4 Å². The molecule has 0 radical (unpaired) electrons. The summed E-state index contributed by atoms with van der Waals surface area (Å²) in [5, 5.41) is 10.6. The molecule has 0 amide bonds. The zero-order valence-electron chi connectivity index (χ0n) is 8.57. The largest absolute Gasteiger partial charge is 0.393 e. The van der Waals surface area contributed by atoms with E-state index in [2.05, 4.69) is 22.9 Å². The molecular weight excluding hydrogens is 174 g/mol. The zero-order chi connectivity index (χ0) is 10.1. The van der Waals surface area contributed by atoms with E-state index in [1.54, 1.807) is 0 Å². The van der Waals surface area contributed by atoms with Crippen LogP contribution in [-0.2, 0) is 13.5 Å². The predicted molar refractivity (Wildman–Crippen MR) is 58.3 cm³/mol. The highest BCUT2D eigenvalue weighted by molar-refractivity contribution is 5.83. The average molecular weight is 189 g/mol. The van der Waals surface area contributed by atoms with E-state index < -0.39 is 0 Å². The highest BCUT2D eigenvalue weighted by Gasteiger charge is 2.07. The normalized spacial score (nSPS) is 13.4. The van der Waals surface area contributed by atoms with Crippen LogP contribution in [-0.4, -0.2) is 15.8 Å². The molecule has 2 aromatic rings. The van der Waals surface area contributed by atoms with Crippen molar-refractivity contribution in [3.05, 3.63) is 36.0 Å². The lowest BCUT2D eigenvalue weighted by atomic mass is 10.1. The molecule has 0 saturated carbocycles. The van der Waals surface area contributed by atoms with Crippen molar-refractivity contribution in [3.63, 3.8) is 0 Å². The second-order valence-electron chi connectivity index (χ2n) is 3.84. The summed E-state index contributed by atoms with van der Waals surface area (Å²) in [4.78, 5) is 0. The van der Waals surface area contributed by atoms with Gasteiger partial charge in [-0.05, 0) is 18.6 Å². The molecule has 0 fully saturated rings. The molecule has 14 heavy (non-hydrogen) atoms. The van der Waals surface area contributed by atoms with Crippen molar-refractivity contribution in [2.24, 2.45) is 7.05 Å². The summed E-state index contributed by atoms with van der Waals surface area (Å²) in [5.74, 6) is 0. The summed E-state index contributed by atoms with van der Waals surface area (Å²) in [6.45, 7) is 1.82. The van der Waals surface area contributed by atoms with Crippen molar-refractivity contribution in [3.8, 4) is 0 Å². The maximum absolute atomic E-state index is 9.37. The molecular formula is C12H15NO. The molecule has 1 N–H and O–H groups in total. The van der Waals surface area contributed by atoms with Crippen molar-refractivity contribution >= 4 is 10.9 Å². The van der Waals surface area contributed by atoms with E-state index in [0.29, 0.717) is 0 Å². The number of rotatable bonds is 2. The molecule has 1 aromatic carbocycles. The second-order valence-corrected chi connectivity index (χ2v) is 3.84. The van der Waals surface area contributed by atoms with Gasteiger partial charge in [0, 0.05) is 30.6 Å². The topological polar surface area (TPSA) is 25.2 Å². The van der Waals surface area contributed by atoms with E-state index in [1.165, 1.54) is 16.5 Å². The Balaban J connectivity index is 2.55. The Bertz CT molecular complexity index is 443. The first-order chi connectivity index (χ1) is 6.68. The second kappa shape index (κ2) is 3.46. The number of aryl methyl sites for hydroxylation is 1. The van der Waals surface area contributed by atoms with E-state index in [4.69, 9.17) is 0 Å². The Hall–Kier alpha value is -1.28. The van der Waals surface area contributed by atoms with Gasteiger partial charge in [0.05, 0.1) is 6.10 Å². The molecule has 0 spiro atoms. The van der Waals surface area contributed by atoms with Gasteiger partial charge in [-0.15, -0.1) is 0 Å². The lowest BCUT2D eigenvalue weighted by Gasteiger charge is -2.01. The highest BCUT2D eigenvalue weighted by atomic mass is 16.3. The van der Waals surface area contributed by atoms with Gasteiger partial charge in [0.15, 0.2) is 0 Å². The van der Waals surface area contributed by atoms with Crippen LogP contribution < -0.4 is 0 Å². The maximum Gasteiger partial charge on any atom is 0.0553 e. The van der Waals surface area contributed by atoms with Gasteiger partial charge >= 0.3 is 0 Å². The molecule has 74 valence electrons. The van der Waals surface area contributed by atoms with Gasteiger partial charge in [0.1, 0.15) is 0 Å². The number of para-hydroxylation sites is 1. The Morgan fingerprint density at radius 3 is 2.79 bits per heavy atom. The molecule has 0 aliphatic rings. The summed E-state index contributed by atoms with van der Waals surface area (Å²) in [6.07, 6.45) is 2.54. The molecule has 1 atom stereocenters. The summed E-state index contributed by atoms with van der Waals surface area (Å²) in [6, 6.07) is 8.27. The van der Waals surface area contributed by atoms with Gasteiger partial charge in [-0.25, -0.2) is 0 Å². The van der Waals surface area contributed by atoms with E-state index in [1.807, 2.05) is 26.1 Å². The van der Waals surface area contributed by atoms with Gasteiger partial charge in [-0.2, -0.15) is 0 Å². The Morgan fingerprint density at radius 1 is 1.36 bits per heavy atom. The van der Waals surface area contributed by atoms with Crippen molar-refractivity contribution < 1.29 is 5.11 Å². The number of hydrogen-bond donors (Lipinski definition) is 1. The average Bonchev–Trinajstić information content (AvgIpc) is 2.44. The number of hydrogen-bond acceptors (Lipinski definition) is 1. The number of fused-ring (bicyclic) bond motifs is 1. The molecule has 2 nitrogen and oxygen atoms in total. The van der Waals surface area contributed by atoms with Crippen LogP contribution in [0.25, 0.3) is 10.9 Å². The molecule has 0 aliphatic carbocycles. The van der Waals surface area contributed by atoms with Crippen LogP contribution in [0.5, 0.6) is 0 Å². The Morgan fingerprint density at radius 2 is 2.07 bits per heavy atom. The lowest BCUT2D eigenvalue weighted by Crippen LogP contribution is -2.03. The molecule has 2 heteroatoms. The summed E-state index contributed by atoms with van der Waals surface area (Å²) < 4.78 is 2.10. The number of benzene rings is 1. The fourth-order valence-electron chi connectivity index (χ4n) is 1.91. The third-order valence-corrected chi connectivity index (χ3v) is 2.49. The third-order valence-electron chi connectivity index (χ3n) is 2.49. The van der Waals surface area contributed by atoms with E-state index in [-0.39, 0.29) is 6.10 Å². The van der Waals surface area contributed by atoms with Crippen LogP contribution in [0.3, 0.4) is 0 Å². The third kappa shape index (κ3) is 1.53. The van der Waals surface area contributed by atoms with Gasteiger partial charge in [0.2, 0.25) is 0 Å². The Labute approximate surface area is 83.8 Å². The first kappa shape index (κ1) is 9.28. The molecule has 2 rings (SSSR count). The fraction of sp³-hybridized carbons (Fsp3) is 0.333. The predicted octanol–water partition coefficient (Wildman–Crippen LogP) is 2.10. The number of aromatic nitrogens is 1. The van der Waals surface area contributed by atoms with Crippen LogP contribution in [0.2, 0.25) is 0 Å². The quantitative estimate of drug-likeness (QED) is 0.769. The molecule has 1 heterocycles. The van der Waals surface area contributed by atoms with E-state index in [0.717, 1.165) is 6.42 Å². The van der Waals surface area contributed by atoms with Crippen LogP contribution in [0.4, 0.5) is 0 Å². The van der Waals surface area contributed by atoms with E-state index >= 15 is 0 Å². The minimum absolute atomic E-state index is 0.277. The highest BCUT2D eigenvalue weighted by Crippen LogP contribution is 2.21. The number of nitrogens with zero attached hydrogens (tertiary/aromatic N) is 1. The Kier molecular flexibility index (Phi) is 2.30. The maximum atomic E-state index is 9.37. The monoisotopic (exact) mass is 189 g/mol. The van der Waals surface area contributed by atoms with Crippen LogP contribution >= 0.6 is 0 Å². The smallest absolute Gasteiger partial charge is 0.0553 e. The first-order valence-corrected chi connectivity index (χ1v) is 4.89. The van der Waals surface area contributed by atoms with Crippen LogP contribution in [0.1, 0.15) is 12.5 Å². The number of aliphatic hydroxyl groups is 1. The minimum atomic E-state index is -0.277. The van der Waals surface area contributed by atoms with Crippen LogP contribution in [0, 0.1) is 0 Å². The standard InChI is InChI=1S/C12H15NO/c1-9(14)7-10-8-13(2)12-6-4-3-5-11(10)12/h3-6,8-9,14H,7H2,1-2H3/t9-/m1/s1. The van der Waals surface area contributed by atoms with Crippen LogP contribution in [0.15, 0.2) is 30.5 Å². The van der Waals surface area contributed by atoms with Crippen molar-refractivity contribution in [1.29, 1.82) is 0 Å². The van der Waals surface area contributed by atoms with E-state index in [9.17, 15) is 5.11 Å².